The Morgan fingerprint density at radius 2 is 2.00 bits per heavy atom. The van der Waals surface area contributed by atoms with Crippen molar-refractivity contribution in [1.82, 2.24) is 9.55 Å². The Morgan fingerprint density at radius 3 is 2.74 bits per heavy atom. The second-order valence-corrected chi connectivity index (χ2v) is 7.06. The van der Waals surface area contributed by atoms with Crippen LogP contribution in [0.25, 0.3) is 21.5 Å². The number of para-hydroxylation sites is 1. The van der Waals surface area contributed by atoms with Crippen LogP contribution in [0.2, 0.25) is 0 Å². The molecule has 0 spiro atoms. The number of methoxy groups -OCH3 is 1. The number of rotatable bonds is 6. The Balaban J connectivity index is 1.77. The molecule has 0 bridgehead atoms. The smallest absolute Gasteiger partial charge is 0.326 e. The average Bonchev–Trinajstić information content (AvgIpc) is 3.31. The lowest BCUT2D eigenvalue weighted by molar-refractivity contribution is 0.310. The summed E-state index contributed by atoms with van der Waals surface area (Å²) in [6, 6.07) is 15.8. The number of fused-ring (bicyclic) bond motifs is 1. The van der Waals surface area contributed by atoms with Crippen molar-refractivity contribution < 1.29 is 9.47 Å². The maximum absolute atomic E-state index is 12.7. The lowest BCUT2D eigenvalue weighted by Crippen LogP contribution is -2.17. The van der Waals surface area contributed by atoms with Gasteiger partial charge in [0.1, 0.15) is 0 Å². The van der Waals surface area contributed by atoms with Crippen molar-refractivity contribution in [2.24, 2.45) is 0 Å². The van der Waals surface area contributed by atoms with E-state index < -0.39 is 0 Å². The summed E-state index contributed by atoms with van der Waals surface area (Å²) in [6.07, 6.45) is 0. The van der Waals surface area contributed by atoms with Crippen LogP contribution in [-0.2, 0) is 6.54 Å². The quantitative estimate of drug-likeness (QED) is 0.535. The Labute approximate surface area is 160 Å². The van der Waals surface area contributed by atoms with Gasteiger partial charge in [-0.2, -0.15) is 0 Å². The highest BCUT2D eigenvalue weighted by Gasteiger charge is 2.13. The normalized spacial score (nSPS) is 11.0. The maximum Gasteiger partial charge on any atom is 0.326 e. The van der Waals surface area contributed by atoms with E-state index >= 15 is 0 Å². The first-order chi connectivity index (χ1) is 13.2. The molecule has 0 amide bonds. The van der Waals surface area contributed by atoms with Gasteiger partial charge in [0.15, 0.2) is 11.5 Å². The first kappa shape index (κ1) is 17.4. The topological polar surface area (TPSA) is 56.2 Å². The van der Waals surface area contributed by atoms with Crippen LogP contribution in [0.3, 0.4) is 0 Å². The summed E-state index contributed by atoms with van der Waals surface area (Å²) in [7, 11) is 1.62. The van der Waals surface area contributed by atoms with E-state index in [4.69, 9.17) is 9.47 Å². The Bertz CT molecular complexity index is 1130. The first-order valence-electron chi connectivity index (χ1n) is 8.76. The highest BCUT2D eigenvalue weighted by molar-refractivity contribution is 7.13. The first-order valence-corrected chi connectivity index (χ1v) is 9.64. The molecule has 0 aliphatic heterocycles. The third-order valence-corrected chi connectivity index (χ3v) is 5.37. The summed E-state index contributed by atoms with van der Waals surface area (Å²) in [4.78, 5) is 16.8. The van der Waals surface area contributed by atoms with Crippen molar-refractivity contribution in [2.75, 3.05) is 13.7 Å². The number of ether oxygens (including phenoxy) is 2. The summed E-state index contributed by atoms with van der Waals surface area (Å²) in [6.45, 7) is 2.94. The third-order valence-electron chi connectivity index (χ3n) is 4.47. The van der Waals surface area contributed by atoms with Crippen LogP contribution in [-0.4, -0.2) is 23.3 Å². The van der Waals surface area contributed by atoms with Gasteiger partial charge in [-0.25, -0.2) is 4.79 Å². The van der Waals surface area contributed by atoms with E-state index in [1.165, 1.54) is 0 Å². The van der Waals surface area contributed by atoms with Crippen LogP contribution >= 0.6 is 11.3 Å². The predicted molar refractivity (Wildman–Crippen MR) is 109 cm³/mol. The van der Waals surface area contributed by atoms with E-state index in [9.17, 15) is 4.79 Å². The minimum absolute atomic E-state index is 0.122. The second kappa shape index (κ2) is 7.32. The van der Waals surface area contributed by atoms with Gasteiger partial charge in [0.05, 0.1) is 31.3 Å². The Kier molecular flexibility index (Phi) is 4.73. The zero-order valence-electron chi connectivity index (χ0n) is 15.2. The van der Waals surface area contributed by atoms with E-state index in [-0.39, 0.29) is 5.69 Å². The molecule has 2 aromatic carbocycles. The van der Waals surface area contributed by atoms with Crippen LogP contribution < -0.4 is 15.2 Å². The molecule has 2 aromatic heterocycles. The van der Waals surface area contributed by atoms with Gasteiger partial charge >= 0.3 is 5.69 Å². The van der Waals surface area contributed by atoms with E-state index in [2.05, 4.69) is 11.1 Å². The van der Waals surface area contributed by atoms with Gasteiger partial charge in [-0.05, 0) is 42.1 Å². The number of aromatic amines is 1. The minimum Gasteiger partial charge on any atom is -0.493 e. The molecular weight excluding hydrogens is 360 g/mol. The number of hydrogen-bond donors (Lipinski definition) is 1. The lowest BCUT2D eigenvalue weighted by Gasteiger charge is -2.11. The molecule has 2 heterocycles. The summed E-state index contributed by atoms with van der Waals surface area (Å²) >= 11 is 1.66. The summed E-state index contributed by atoms with van der Waals surface area (Å²) in [5, 5.41) is 2.04. The monoisotopic (exact) mass is 380 g/mol. The fraction of sp³-hybridized carbons (Fsp3) is 0.190. The number of aromatic nitrogens is 2. The maximum atomic E-state index is 12.7. The van der Waals surface area contributed by atoms with Crippen LogP contribution in [0.5, 0.6) is 11.5 Å². The van der Waals surface area contributed by atoms with Crippen LogP contribution in [0, 0.1) is 0 Å². The van der Waals surface area contributed by atoms with Gasteiger partial charge < -0.3 is 14.5 Å². The van der Waals surface area contributed by atoms with Crippen molar-refractivity contribution in [2.45, 2.75) is 13.5 Å². The molecule has 0 radical (unpaired) electrons. The number of hydrogen-bond acceptors (Lipinski definition) is 4. The van der Waals surface area contributed by atoms with Crippen molar-refractivity contribution in [3.8, 4) is 21.9 Å². The molecule has 1 N–H and O–H groups in total. The van der Waals surface area contributed by atoms with E-state index in [0.29, 0.717) is 24.7 Å². The molecule has 0 atom stereocenters. The molecule has 27 heavy (non-hydrogen) atoms. The van der Waals surface area contributed by atoms with Crippen LogP contribution in [0.4, 0.5) is 0 Å². The summed E-state index contributed by atoms with van der Waals surface area (Å²) in [5.74, 6) is 1.37. The van der Waals surface area contributed by atoms with Crippen molar-refractivity contribution in [3.05, 3.63) is 70.0 Å². The molecule has 6 heteroatoms. The predicted octanol–water partition coefficient (Wildman–Crippen LogP) is 4.51. The van der Waals surface area contributed by atoms with Crippen LogP contribution in [0.1, 0.15) is 12.5 Å². The van der Waals surface area contributed by atoms with E-state index in [1.54, 1.807) is 23.0 Å². The SMILES string of the molecule is CCOc1cc(Cn2c(=O)[nH]c3c(-c4cccs4)cccc32)ccc1OC. The van der Waals surface area contributed by atoms with Gasteiger partial charge in [0.2, 0.25) is 0 Å². The lowest BCUT2D eigenvalue weighted by atomic mass is 10.1. The number of thiophene rings is 1. The van der Waals surface area contributed by atoms with Gasteiger partial charge in [0, 0.05) is 10.4 Å². The Morgan fingerprint density at radius 1 is 1.11 bits per heavy atom. The summed E-state index contributed by atoms with van der Waals surface area (Å²) < 4.78 is 12.7. The minimum atomic E-state index is -0.122. The molecule has 0 fully saturated rings. The molecule has 0 aliphatic rings. The van der Waals surface area contributed by atoms with E-state index in [1.807, 2.05) is 54.8 Å². The molecular formula is C21H20N2O3S. The third kappa shape index (κ3) is 3.24. The van der Waals surface area contributed by atoms with Gasteiger partial charge in [-0.15, -0.1) is 11.3 Å². The number of nitrogens with one attached hydrogen (secondary N) is 1. The molecule has 138 valence electrons. The van der Waals surface area contributed by atoms with Gasteiger partial charge in [-0.1, -0.05) is 24.3 Å². The zero-order chi connectivity index (χ0) is 18.8. The molecule has 0 unspecified atom stereocenters. The highest BCUT2D eigenvalue weighted by Crippen LogP contribution is 2.31. The molecule has 0 saturated heterocycles. The zero-order valence-corrected chi connectivity index (χ0v) is 16.0. The Hall–Kier alpha value is -2.99. The number of benzene rings is 2. The standard InChI is InChI=1S/C21H20N2O3S/c1-3-26-18-12-14(9-10-17(18)25-2)13-23-16-7-4-6-15(19-8-5-11-27-19)20(16)22-21(23)24/h4-12H,3,13H2,1-2H3,(H,22,24). The van der Waals surface area contributed by atoms with Gasteiger partial charge in [0.25, 0.3) is 0 Å². The average molecular weight is 380 g/mol. The molecule has 0 saturated carbocycles. The molecule has 0 aliphatic carbocycles. The number of H-pyrrole nitrogens is 1. The largest absolute Gasteiger partial charge is 0.493 e. The van der Waals surface area contributed by atoms with Crippen molar-refractivity contribution in [1.29, 1.82) is 0 Å². The highest BCUT2D eigenvalue weighted by atomic mass is 32.1. The van der Waals surface area contributed by atoms with Crippen molar-refractivity contribution in [3.63, 3.8) is 0 Å². The number of nitrogens with zero attached hydrogens (tertiary/aromatic N) is 1. The number of imidazole rings is 1. The van der Waals surface area contributed by atoms with Crippen LogP contribution in [0.15, 0.2) is 58.7 Å². The fourth-order valence-electron chi connectivity index (χ4n) is 3.24. The molecule has 4 rings (SSSR count). The summed E-state index contributed by atoms with van der Waals surface area (Å²) in [5.41, 5.74) is 3.65. The van der Waals surface area contributed by atoms with E-state index in [0.717, 1.165) is 27.0 Å². The molecule has 4 aromatic rings. The molecule has 5 nitrogen and oxygen atoms in total. The second-order valence-electron chi connectivity index (χ2n) is 6.11. The van der Waals surface area contributed by atoms with Gasteiger partial charge in [-0.3, -0.25) is 4.57 Å². The van der Waals surface area contributed by atoms with Crippen molar-refractivity contribution >= 4 is 22.4 Å². The fourth-order valence-corrected chi connectivity index (χ4v) is 4.00.